The summed E-state index contributed by atoms with van der Waals surface area (Å²) in [5.74, 6) is -1.26. The number of carboxylic acids is 1. The number of hydrogen-bond donors (Lipinski definition) is 2. The van der Waals surface area contributed by atoms with Gasteiger partial charge in [0.15, 0.2) is 0 Å². The van der Waals surface area contributed by atoms with E-state index in [-0.39, 0.29) is 12.3 Å². The van der Waals surface area contributed by atoms with E-state index in [2.05, 4.69) is 10.4 Å². The molecule has 6 heteroatoms. The van der Waals surface area contributed by atoms with Gasteiger partial charge in [0.25, 0.3) is 0 Å². The average Bonchev–Trinajstić information content (AvgIpc) is 2.60. The zero-order valence-corrected chi connectivity index (χ0v) is 10.2. The predicted molar refractivity (Wildman–Crippen MR) is 61.1 cm³/mol. The Morgan fingerprint density at radius 1 is 1.53 bits per heavy atom. The van der Waals surface area contributed by atoms with Crippen LogP contribution in [0.2, 0.25) is 0 Å². The van der Waals surface area contributed by atoms with Crippen LogP contribution in [0.1, 0.15) is 26.0 Å². The molecule has 1 heterocycles. The summed E-state index contributed by atoms with van der Waals surface area (Å²) < 4.78 is 1.66. The molecular formula is C11H17N3O3. The van der Waals surface area contributed by atoms with Gasteiger partial charge in [0.1, 0.15) is 0 Å². The van der Waals surface area contributed by atoms with Gasteiger partial charge in [0.2, 0.25) is 5.91 Å². The number of aromatic nitrogens is 2. The summed E-state index contributed by atoms with van der Waals surface area (Å²) in [6, 6.07) is 1.79. The van der Waals surface area contributed by atoms with Crippen LogP contribution >= 0.6 is 0 Å². The molecule has 0 unspecified atom stereocenters. The van der Waals surface area contributed by atoms with Crippen molar-refractivity contribution in [2.24, 2.45) is 12.5 Å². The number of carboxylic acid groups (broad SMARTS) is 1. The van der Waals surface area contributed by atoms with Gasteiger partial charge < -0.3 is 10.4 Å². The number of nitrogens with zero attached hydrogens (tertiary/aromatic N) is 2. The molecule has 1 amide bonds. The minimum atomic E-state index is -1.05. The SMILES string of the molecule is Cn1nccc1CNC(=O)CC(C)(C)C(=O)O. The molecule has 1 aromatic rings. The second-order valence-corrected chi connectivity index (χ2v) is 4.59. The lowest BCUT2D eigenvalue weighted by Crippen LogP contribution is -2.33. The maximum absolute atomic E-state index is 11.6. The molecule has 1 aromatic heterocycles. The number of nitrogens with one attached hydrogen (secondary N) is 1. The van der Waals surface area contributed by atoms with Crippen molar-refractivity contribution in [2.75, 3.05) is 0 Å². The van der Waals surface area contributed by atoms with Gasteiger partial charge in [0, 0.05) is 19.7 Å². The Balaban J connectivity index is 2.46. The summed E-state index contributed by atoms with van der Waals surface area (Å²) >= 11 is 0. The fourth-order valence-electron chi connectivity index (χ4n) is 1.30. The van der Waals surface area contributed by atoms with E-state index < -0.39 is 11.4 Å². The summed E-state index contributed by atoms with van der Waals surface area (Å²) in [5.41, 5.74) is -0.178. The fourth-order valence-corrected chi connectivity index (χ4v) is 1.30. The van der Waals surface area contributed by atoms with Gasteiger partial charge in [0.05, 0.1) is 17.7 Å². The maximum Gasteiger partial charge on any atom is 0.309 e. The van der Waals surface area contributed by atoms with E-state index in [1.54, 1.807) is 24.0 Å². The molecule has 1 rings (SSSR count). The van der Waals surface area contributed by atoms with Crippen molar-refractivity contribution in [1.82, 2.24) is 15.1 Å². The smallest absolute Gasteiger partial charge is 0.309 e. The van der Waals surface area contributed by atoms with Gasteiger partial charge in [-0.05, 0) is 19.9 Å². The van der Waals surface area contributed by atoms with Gasteiger partial charge in [-0.3, -0.25) is 14.3 Å². The van der Waals surface area contributed by atoms with Crippen LogP contribution in [0.4, 0.5) is 0 Å². The number of carbonyl (C=O) groups is 2. The van der Waals surface area contributed by atoms with Crippen LogP contribution in [0.15, 0.2) is 12.3 Å². The Kier molecular flexibility index (Phi) is 3.88. The molecule has 0 radical (unpaired) electrons. The average molecular weight is 239 g/mol. The molecule has 0 saturated carbocycles. The second-order valence-electron chi connectivity index (χ2n) is 4.59. The first-order valence-electron chi connectivity index (χ1n) is 5.30. The molecule has 6 nitrogen and oxygen atoms in total. The predicted octanol–water partition coefficient (Wildman–Crippen LogP) is 0.537. The van der Waals surface area contributed by atoms with Gasteiger partial charge in [-0.1, -0.05) is 0 Å². The molecule has 0 aliphatic heterocycles. The second kappa shape index (κ2) is 4.99. The Morgan fingerprint density at radius 3 is 2.65 bits per heavy atom. The van der Waals surface area contributed by atoms with Gasteiger partial charge in [-0.2, -0.15) is 5.10 Å². The number of hydrogen-bond acceptors (Lipinski definition) is 3. The van der Waals surface area contributed by atoms with E-state index in [9.17, 15) is 9.59 Å². The van der Waals surface area contributed by atoms with Crippen molar-refractivity contribution < 1.29 is 14.7 Å². The molecule has 0 aromatic carbocycles. The van der Waals surface area contributed by atoms with Crippen LogP contribution in [0.25, 0.3) is 0 Å². The van der Waals surface area contributed by atoms with Gasteiger partial charge >= 0.3 is 5.97 Å². The van der Waals surface area contributed by atoms with Crippen LogP contribution in [-0.4, -0.2) is 26.8 Å². The van der Waals surface area contributed by atoms with Crippen LogP contribution in [0.3, 0.4) is 0 Å². The molecule has 0 saturated heterocycles. The first kappa shape index (κ1) is 13.2. The molecular weight excluding hydrogens is 222 g/mol. The monoisotopic (exact) mass is 239 g/mol. The number of rotatable bonds is 5. The van der Waals surface area contributed by atoms with Crippen molar-refractivity contribution in [2.45, 2.75) is 26.8 Å². The highest BCUT2D eigenvalue weighted by Crippen LogP contribution is 2.19. The highest BCUT2D eigenvalue weighted by molar-refractivity contribution is 5.84. The minimum Gasteiger partial charge on any atom is -0.481 e. The normalized spacial score (nSPS) is 11.2. The Labute approximate surface area is 99.6 Å². The van der Waals surface area contributed by atoms with E-state index in [0.29, 0.717) is 6.54 Å². The van der Waals surface area contributed by atoms with Crippen LogP contribution in [0.5, 0.6) is 0 Å². The summed E-state index contributed by atoms with van der Waals surface area (Å²) in [6.07, 6.45) is 1.60. The summed E-state index contributed by atoms with van der Waals surface area (Å²) in [5, 5.41) is 15.5. The molecule has 2 N–H and O–H groups in total. The topological polar surface area (TPSA) is 84.2 Å². The number of aliphatic carboxylic acids is 1. The molecule has 0 atom stereocenters. The maximum atomic E-state index is 11.6. The fraction of sp³-hybridized carbons (Fsp3) is 0.545. The molecule has 0 fully saturated rings. The van der Waals surface area contributed by atoms with E-state index in [4.69, 9.17) is 5.11 Å². The third-order valence-corrected chi connectivity index (χ3v) is 2.57. The van der Waals surface area contributed by atoms with Crippen LogP contribution in [-0.2, 0) is 23.2 Å². The van der Waals surface area contributed by atoms with E-state index in [1.165, 1.54) is 13.8 Å². The van der Waals surface area contributed by atoms with Crippen molar-refractivity contribution in [3.63, 3.8) is 0 Å². The van der Waals surface area contributed by atoms with Crippen LogP contribution in [0, 0.1) is 5.41 Å². The van der Waals surface area contributed by atoms with Gasteiger partial charge in [-0.25, -0.2) is 0 Å². The first-order chi connectivity index (χ1) is 7.83. The van der Waals surface area contributed by atoms with E-state index in [1.807, 2.05) is 0 Å². The number of carbonyl (C=O) groups excluding carboxylic acids is 1. The van der Waals surface area contributed by atoms with Crippen molar-refractivity contribution in [1.29, 1.82) is 0 Å². The van der Waals surface area contributed by atoms with Gasteiger partial charge in [-0.15, -0.1) is 0 Å². The summed E-state index contributed by atoms with van der Waals surface area (Å²) in [4.78, 5) is 22.4. The lowest BCUT2D eigenvalue weighted by Gasteiger charge is -2.18. The third kappa shape index (κ3) is 3.58. The molecule has 17 heavy (non-hydrogen) atoms. The van der Waals surface area contributed by atoms with E-state index >= 15 is 0 Å². The largest absolute Gasteiger partial charge is 0.481 e. The van der Waals surface area contributed by atoms with Crippen molar-refractivity contribution >= 4 is 11.9 Å². The zero-order valence-electron chi connectivity index (χ0n) is 10.2. The first-order valence-corrected chi connectivity index (χ1v) is 5.30. The lowest BCUT2D eigenvalue weighted by molar-refractivity contribution is -0.149. The summed E-state index contributed by atoms with van der Waals surface area (Å²) in [7, 11) is 1.78. The molecule has 0 aliphatic rings. The van der Waals surface area contributed by atoms with Crippen molar-refractivity contribution in [3.8, 4) is 0 Å². The zero-order chi connectivity index (χ0) is 13.1. The Bertz CT molecular complexity index is 423. The molecule has 94 valence electrons. The Hall–Kier alpha value is -1.85. The lowest BCUT2D eigenvalue weighted by atomic mass is 9.89. The quantitative estimate of drug-likeness (QED) is 0.785. The third-order valence-electron chi connectivity index (χ3n) is 2.57. The summed E-state index contributed by atoms with van der Waals surface area (Å²) in [6.45, 7) is 3.41. The minimum absolute atomic E-state index is 0.0415. The number of amides is 1. The molecule has 0 bridgehead atoms. The standard InChI is InChI=1S/C11H17N3O3/c1-11(2,10(16)17)6-9(15)12-7-8-4-5-13-14(8)3/h4-5H,6-7H2,1-3H3,(H,12,15)(H,16,17). The van der Waals surface area contributed by atoms with Crippen LogP contribution < -0.4 is 5.32 Å². The van der Waals surface area contributed by atoms with Crippen molar-refractivity contribution in [3.05, 3.63) is 18.0 Å². The highest BCUT2D eigenvalue weighted by atomic mass is 16.4. The Morgan fingerprint density at radius 2 is 2.18 bits per heavy atom. The molecule has 0 spiro atoms. The number of aryl methyl sites for hydroxylation is 1. The van der Waals surface area contributed by atoms with E-state index in [0.717, 1.165) is 5.69 Å². The molecule has 0 aliphatic carbocycles. The highest BCUT2D eigenvalue weighted by Gasteiger charge is 2.29.